The first-order valence-corrected chi connectivity index (χ1v) is 9.39. The number of hydrogen-bond acceptors (Lipinski definition) is 2. The predicted octanol–water partition coefficient (Wildman–Crippen LogP) is 3.29. The summed E-state index contributed by atoms with van der Waals surface area (Å²) in [5.41, 5.74) is 1.31. The summed E-state index contributed by atoms with van der Waals surface area (Å²) in [6.45, 7) is 9.80. The van der Waals surface area contributed by atoms with Crippen molar-refractivity contribution in [2.45, 2.75) is 58.5 Å². The van der Waals surface area contributed by atoms with E-state index >= 15 is 0 Å². The van der Waals surface area contributed by atoms with Crippen molar-refractivity contribution in [3.05, 3.63) is 24.0 Å². The summed E-state index contributed by atoms with van der Waals surface area (Å²) in [7, 11) is 0. The van der Waals surface area contributed by atoms with E-state index in [9.17, 15) is 4.79 Å². The molecule has 0 aromatic carbocycles. The molecular formula is C19H31N3O. The third-order valence-corrected chi connectivity index (χ3v) is 5.58. The number of aromatic nitrogens is 1. The molecule has 1 aromatic rings. The SMILES string of the molecule is CCCN1CCC(CC(=O)N2CCn3cccc3C2CC)CC1. The third-order valence-electron chi connectivity index (χ3n) is 5.58. The molecule has 2 aliphatic rings. The van der Waals surface area contributed by atoms with Gasteiger partial charge in [0.2, 0.25) is 5.91 Å². The minimum atomic E-state index is 0.270. The molecule has 1 unspecified atom stereocenters. The Morgan fingerprint density at radius 2 is 1.96 bits per heavy atom. The third kappa shape index (κ3) is 3.63. The molecule has 0 spiro atoms. The monoisotopic (exact) mass is 317 g/mol. The van der Waals surface area contributed by atoms with Crippen LogP contribution in [0.1, 0.15) is 57.7 Å². The summed E-state index contributed by atoms with van der Waals surface area (Å²) in [5.74, 6) is 0.958. The maximum Gasteiger partial charge on any atom is 0.223 e. The minimum absolute atomic E-state index is 0.270. The lowest BCUT2D eigenvalue weighted by Crippen LogP contribution is -2.43. The predicted molar refractivity (Wildman–Crippen MR) is 93.2 cm³/mol. The molecule has 0 N–H and O–H groups in total. The van der Waals surface area contributed by atoms with Crippen molar-refractivity contribution in [1.29, 1.82) is 0 Å². The molecule has 0 bridgehead atoms. The smallest absolute Gasteiger partial charge is 0.223 e. The molecule has 1 amide bonds. The summed E-state index contributed by atoms with van der Waals surface area (Å²) >= 11 is 0. The molecule has 0 saturated carbocycles. The Morgan fingerprint density at radius 3 is 2.65 bits per heavy atom. The number of rotatable bonds is 5. The average molecular weight is 317 g/mol. The molecule has 3 rings (SSSR count). The molecule has 1 saturated heterocycles. The fourth-order valence-corrected chi connectivity index (χ4v) is 4.29. The Hall–Kier alpha value is -1.29. The van der Waals surface area contributed by atoms with E-state index in [0.717, 1.165) is 25.9 Å². The number of likely N-dealkylation sites (tertiary alicyclic amines) is 1. The van der Waals surface area contributed by atoms with E-state index in [1.807, 2.05) is 0 Å². The quantitative estimate of drug-likeness (QED) is 0.833. The standard InChI is InChI=1S/C19H31N3O/c1-3-9-20-11-7-16(8-12-20)15-19(23)22-14-13-21-10-5-6-18(21)17(22)4-2/h5-6,10,16-17H,3-4,7-9,11-15H2,1-2H3. The largest absolute Gasteiger partial charge is 0.348 e. The maximum absolute atomic E-state index is 12.9. The molecule has 2 aliphatic heterocycles. The molecule has 23 heavy (non-hydrogen) atoms. The van der Waals surface area contributed by atoms with Crippen molar-refractivity contribution in [1.82, 2.24) is 14.4 Å². The topological polar surface area (TPSA) is 28.5 Å². The van der Waals surface area contributed by atoms with Crippen molar-refractivity contribution in [3.8, 4) is 0 Å². The van der Waals surface area contributed by atoms with Gasteiger partial charge >= 0.3 is 0 Å². The van der Waals surface area contributed by atoms with Gasteiger partial charge in [0.05, 0.1) is 6.04 Å². The van der Waals surface area contributed by atoms with Gasteiger partial charge in [-0.15, -0.1) is 0 Å². The number of piperidine rings is 1. The van der Waals surface area contributed by atoms with Gasteiger partial charge in [0, 0.05) is 31.4 Å². The molecule has 4 heteroatoms. The fraction of sp³-hybridized carbons (Fsp3) is 0.737. The van der Waals surface area contributed by atoms with Gasteiger partial charge in [0.25, 0.3) is 0 Å². The van der Waals surface area contributed by atoms with Crippen LogP contribution in [0.3, 0.4) is 0 Å². The average Bonchev–Trinajstić information content (AvgIpc) is 3.04. The first-order valence-electron chi connectivity index (χ1n) is 9.39. The van der Waals surface area contributed by atoms with Crippen molar-refractivity contribution in [3.63, 3.8) is 0 Å². The van der Waals surface area contributed by atoms with Gasteiger partial charge in [-0.3, -0.25) is 4.79 Å². The van der Waals surface area contributed by atoms with Gasteiger partial charge in [0.1, 0.15) is 0 Å². The molecule has 0 aliphatic carbocycles. The van der Waals surface area contributed by atoms with Gasteiger partial charge in [0.15, 0.2) is 0 Å². The second kappa shape index (κ2) is 7.52. The zero-order chi connectivity index (χ0) is 16.2. The summed E-state index contributed by atoms with van der Waals surface area (Å²) in [6.07, 6.45) is 7.50. The highest BCUT2D eigenvalue weighted by Gasteiger charge is 2.31. The van der Waals surface area contributed by atoms with Crippen LogP contribution in [0.25, 0.3) is 0 Å². The number of carbonyl (C=O) groups excluding carboxylic acids is 1. The Bertz CT molecular complexity index is 516. The molecule has 0 radical (unpaired) electrons. The lowest BCUT2D eigenvalue weighted by Gasteiger charge is -2.38. The lowest BCUT2D eigenvalue weighted by atomic mass is 9.92. The van der Waals surface area contributed by atoms with Gasteiger partial charge in [-0.2, -0.15) is 0 Å². The summed E-state index contributed by atoms with van der Waals surface area (Å²) in [5, 5.41) is 0. The van der Waals surface area contributed by atoms with E-state index in [2.05, 4.69) is 46.5 Å². The Morgan fingerprint density at radius 1 is 1.17 bits per heavy atom. The minimum Gasteiger partial charge on any atom is -0.348 e. The normalized spacial score (nSPS) is 23.0. The number of hydrogen-bond donors (Lipinski definition) is 0. The molecular weight excluding hydrogens is 286 g/mol. The summed E-state index contributed by atoms with van der Waals surface area (Å²) < 4.78 is 2.31. The molecule has 3 heterocycles. The number of nitrogens with zero attached hydrogens (tertiary/aromatic N) is 3. The zero-order valence-electron chi connectivity index (χ0n) is 14.7. The Kier molecular flexibility index (Phi) is 5.42. The van der Waals surface area contributed by atoms with E-state index in [4.69, 9.17) is 0 Å². The molecule has 4 nitrogen and oxygen atoms in total. The fourth-order valence-electron chi connectivity index (χ4n) is 4.29. The zero-order valence-corrected chi connectivity index (χ0v) is 14.7. The first kappa shape index (κ1) is 16.6. The first-order chi connectivity index (χ1) is 11.2. The lowest BCUT2D eigenvalue weighted by molar-refractivity contribution is -0.136. The molecule has 1 fully saturated rings. The van der Waals surface area contributed by atoms with Crippen molar-refractivity contribution in [2.75, 3.05) is 26.2 Å². The number of fused-ring (bicyclic) bond motifs is 1. The maximum atomic E-state index is 12.9. The second-order valence-electron chi connectivity index (χ2n) is 7.13. The molecule has 1 atom stereocenters. The Balaban J connectivity index is 1.56. The van der Waals surface area contributed by atoms with Crippen LogP contribution in [0, 0.1) is 5.92 Å². The van der Waals surface area contributed by atoms with Crippen LogP contribution < -0.4 is 0 Å². The van der Waals surface area contributed by atoms with Crippen molar-refractivity contribution < 1.29 is 4.79 Å². The summed E-state index contributed by atoms with van der Waals surface area (Å²) in [6, 6.07) is 4.55. The van der Waals surface area contributed by atoms with Crippen LogP contribution in [-0.2, 0) is 11.3 Å². The Labute approximate surface area is 140 Å². The second-order valence-corrected chi connectivity index (χ2v) is 7.13. The van der Waals surface area contributed by atoms with E-state index in [1.54, 1.807) is 0 Å². The highest BCUT2D eigenvalue weighted by molar-refractivity contribution is 5.77. The van der Waals surface area contributed by atoms with E-state index in [0.29, 0.717) is 11.8 Å². The van der Waals surface area contributed by atoms with Crippen LogP contribution in [0.15, 0.2) is 18.3 Å². The van der Waals surface area contributed by atoms with E-state index < -0.39 is 0 Å². The summed E-state index contributed by atoms with van der Waals surface area (Å²) in [4.78, 5) is 17.6. The van der Waals surface area contributed by atoms with Crippen LogP contribution in [0.5, 0.6) is 0 Å². The highest BCUT2D eigenvalue weighted by atomic mass is 16.2. The van der Waals surface area contributed by atoms with Gasteiger partial charge in [-0.1, -0.05) is 13.8 Å². The van der Waals surface area contributed by atoms with Crippen LogP contribution >= 0.6 is 0 Å². The van der Waals surface area contributed by atoms with Crippen LogP contribution in [0.4, 0.5) is 0 Å². The van der Waals surface area contributed by atoms with E-state index in [-0.39, 0.29) is 6.04 Å². The van der Waals surface area contributed by atoms with Gasteiger partial charge in [-0.05, 0) is 63.4 Å². The van der Waals surface area contributed by atoms with Crippen molar-refractivity contribution >= 4 is 5.91 Å². The van der Waals surface area contributed by atoms with Gasteiger partial charge in [-0.25, -0.2) is 0 Å². The number of amides is 1. The van der Waals surface area contributed by atoms with Crippen LogP contribution in [0.2, 0.25) is 0 Å². The number of carbonyl (C=O) groups is 1. The van der Waals surface area contributed by atoms with Crippen molar-refractivity contribution in [2.24, 2.45) is 5.92 Å². The van der Waals surface area contributed by atoms with E-state index in [1.165, 1.54) is 44.6 Å². The van der Waals surface area contributed by atoms with Gasteiger partial charge < -0.3 is 14.4 Å². The van der Waals surface area contributed by atoms with Crippen LogP contribution in [-0.4, -0.2) is 46.5 Å². The highest BCUT2D eigenvalue weighted by Crippen LogP contribution is 2.31. The molecule has 128 valence electrons. The molecule has 1 aromatic heterocycles.